The molecule has 0 saturated heterocycles. The van der Waals surface area contributed by atoms with Gasteiger partial charge in [0, 0.05) is 30.6 Å². The number of aromatic nitrogens is 2. The smallest absolute Gasteiger partial charge is 0.419 e. The van der Waals surface area contributed by atoms with Crippen molar-refractivity contribution in [2.24, 2.45) is 12.0 Å². The zero-order valence-electron chi connectivity index (χ0n) is 17.5. The van der Waals surface area contributed by atoms with E-state index in [0.29, 0.717) is 5.70 Å². The minimum Gasteiger partial charge on any atom is -0.443 e. The number of carbonyl (C=O) groups excluding carboxylic acids is 1. The highest BCUT2D eigenvalue weighted by Crippen LogP contribution is 2.29. The van der Waals surface area contributed by atoms with Crippen molar-refractivity contribution < 1.29 is 9.53 Å². The van der Waals surface area contributed by atoms with Gasteiger partial charge in [-0.15, -0.1) is 0 Å². The Labute approximate surface area is 175 Å². The van der Waals surface area contributed by atoms with E-state index in [2.05, 4.69) is 9.56 Å². The fourth-order valence-electron chi connectivity index (χ4n) is 3.34. The second kappa shape index (κ2) is 7.63. The van der Waals surface area contributed by atoms with E-state index >= 15 is 0 Å². The van der Waals surface area contributed by atoms with E-state index in [4.69, 9.17) is 9.72 Å². The Morgan fingerprint density at radius 3 is 2.57 bits per heavy atom. The predicted octanol–water partition coefficient (Wildman–Crippen LogP) is 5.37. The number of carbonyl (C=O) groups is 1. The molecular formula is C24H24N4O2. The van der Waals surface area contributed by atoms with Gasteiger partial charge in [-0.1, -0.05) is 30.3 Å². The Balaban J connectivity index is 1.75. The highest BCUT2D eigenvalue weighted by atomic mass is 16.6. The molecule has 30 heavy (non-hydrogen) atoms. The Morgan fingerprint density at radius 1 is 1.03 bits per heavy atom. The van der Waals surface area contributed by atoms with Crippen LogP contribution in [0.2, 0.25) is 0 Å². The van der Waals surface area contributed by atoms with Crippen LogP contribution in [-0.2, 0) is 11.8 Å². The monoisotopic (exact) mass is 400 g/mol. The molecule has 1 aliphatic rings. The van der Waals surface area contributed by atoms with Crippen LogP contribution in [0, 0.1) is 0 Å². The van der Waals surface area contributed by atoms with Crippen LogP contribution in [0.25, 0.3) is 28.1 Å². The maximum atomic E-state index is 12.8. The third-order valence-electron chi connectivity index (χ3n) is 4.66. The largest absolute Gasteiger partial charge is 0.443 e. The van der Waals surface area contributed by atoms with Crippen molar-refractivity contribution in [1.82, 2.24) is 14.5 Å². The number of aryl methyl sites for hydroxylation is 1. The maximum absolute atomic E-state index is 12.8. The van der Waals surface area contributed by atoms with Gasteiger partial charge in [0.25, 0.3) is 0 Å². The molecule has 0 aliphatic carbocycles. The molecule has 0 fully saturated rings. The first-order valence-corrected chi connectivity index (χ1v) is 9.78. The van der Waals surface area contributed by atoms with E-state index in [1.165, 1.54) is 4.90 Å². The summed E-state index contributed by atoms with van der Waals surface area (Å²) in [5, 5.41) is 0. The van der Waals surface area contributed by atoms with Crippen LogP contribution in [0.15, 0.2) is 72.0 Å². The molecule has 0 bridgehead atoms. The number of ether oxygens (including phenoxy) is 1. The number of nitrogens with zero attached hydrogens (tertiary/aromatic N) is 4. The summed E-state index contributed by atoms with van der Waals surface area (Å²) in [5.74, 6) is 0.857. The zero-order valence-corrected chi connectivity index (χ0v) is 17.5. The molecule has 2 heterocycles. The lowest BCUT2D eigenvalue weighted by molar-refractivity contribution is 0.0414. The van der Waals surface area contributed by atoms with E-state index in [1.54, 1.807) is 24.7 Å². The molecule has 1 aliphatic heterocycles. The molecule has 152 valence electrons. The van der Waals surface area contributed by atoms with Crippen molar-refractivity contribution in [2.45, 2.75) is 26.4 Å². The summed E-state index contributed by atoms with van der Waals surface area (Å²) < 4.78 is 7.65. The Bertz CT molecular complexity index is 1200. The number of fused-ring (bicyclic) bond motifs is 1. The van der Waals surface area contributed by atoms with Crippen LogP contribution >= 0.6 is 0 Å². The fraction of sp³-hybridized carbons (Fsp3) is 0.208. The third-order valence-corrected chi connectivity index (χ3v) is 4.66. The van der Waals surface area contributed by atoms with Gasteiger partial charge in [-0.05, 0) is 45.0 Å². The molecule has 1 aromatic heterocycles. The molecule has 6 nitrogen and oxygen atoms in total. The lowest BCUT2D eigenvalue weighted by atomic mass is 10.1. The van der Waals surface area contributed by atoms with Crippen molar-refractivity contribution in [1.29, 1.82) is 0 Å². The summed E-state index contributed by atoms with van der Waals surface area (Å²) in [6.07, 6.45) is 6.22. The Kier molecular flexibility index (Phi) is 4.99. The molecule has 2 aromatic carbocycles. The van der Waals surface area contributed by atoms with Crippen LogP contribution < -0.4 is 0 Å². The van der Waals surface area contributed by atoms with E-state index in [1.807, 2.05) is 76.3 Å². The third kappa shape index (κ3) is 3.89. The van der Waals surface area contributed by atoms with Crippen molar-refractivity contribution in [3.05, 3.63) is 72.6 Å². The predicted molar refractivity (Wildman–Crippen MR) is 120 cm³/mol. The van der Waals surface area contributed by atoms with E-state index in [0.717, 1.165) is 28.0 Å². The molecule has 0 N–H and O–H groups in total. The summed E-state index contributed by atoms with van der Waals surface area (Å²) >= 11 is 0. The second-order valence-corrected chi connectivity index (χ2v) is 8.07. The summed E-state index contributed by atoms with van der Waals surface area (Å²) in [6, 6.07) is 16.0. The molecule has 0 unspecified atom stereocenters. The number of hydrogen-bond donors (Lipinski definition) is 0. The number of allylic oxidation sites excluding steroid dienone is 1. The van der Waals surface area contributed by atoms with Gasteiger partial charge in [-0.3, -0.25) is 9.89 Å². The van der Waals surface area contributed by atoms with E-state index in [-0.39, 0.29) is 0 Å². The van der Waals surface area contributed by atoms with Gasteiger partial charge in [0.05, 0.1) is 22.9 Å². The first-order valence-electron chi connectivity index (χ1n) is 9.78. The van der Waals surface area contributed by atoms with Gasteiger partial charge >= 0.3 is 6.09 Å². The molecule has 3 aromatic rings. The zero-order chi connectivity index (χ0) is 21.3. The number of hydrogen-bond acceptors (Lipinski definition) is 4. The molecule has 1 amide bonds. The lowest BCUT2D eigenvalue weighted by Crippen LogP contribution is -2.32. The minimum atomic E-state index is -0.599. The van der Waals surface area contributed by atoms with Gasteiger partial charge in [-0.2, -0.15) is 0 Å². The number of imidazole rings is 1. The molecule has 0 atom stereocenters. The van der Waals surface area contributed by atoms with Crippen molar-refractivity contribution in [3.63, 3.8) is 0 Å². The standard InChI is InChI=1S/C24H24N4O2/c1-24(2,3)30-23(29)28-14-8-13-25-16-21(28)17-9-7-10-18(15-17)22-26-19-11-5-6-12-20(19)27(22)4/h5-16H,1-4H3. The number of aliphatic imine (C=N–C) groups is 1. The first kappa shape index (κ1) is 19.6. The fourth-order valence-corrected chi connectivity index (χ4v) is 3.34. The van der Waals surface area contributed by atoms with Gasteiger partial charge in [0.15, 0.2) is 0 Å². The Morgan fingerprint density at radius 2 is 1.80 bits per heavy atom. The minimum absolute atomic E-state index is 0.455. The van der Waals surface area contributed by atoms with Crippen LogP contribution in [0.1, 0.15) is 26.3 Å². The quantitative estimate of drug-likeness (QED) is 0.581. The summed E-state index contributed by atoms with van der Waals surface area (Å²) in [6.45, 7) is 5.54. The second-order valence-electron chi connectivity index (χ2n) is 8.07. The number of rotatable bonds is 2. The molecule has 4 rings (SSSR count). The van der Waals surface area contributed by atoms with Gasteiger partial charge < -0.3 is 9.30 Å². The first-order chi connectivity index (χ1) is 14.3. The van der Waals surface area contributed by atoms with Crippen LogP contribution in [0.5, 0.6) is 0 Å². The van der Waals surface area contributed by atoms with Crippen LogP contribution in [0.3, 0.4) is 0 Å². The maximum Gasteiger partial charge on any atom is 0.419 e. The van der Waals surface area contributed by atoms with E-state index in [9.17, 15) is 4.79 Å². The van der Waals surface area contributed by atoms with Crippen LogP contribution in [-0.4, -0.2) is 32.4 Å². The lowest BCUT2D eigenvalue weighted by Gasteiger charge is -2.26. The Hall–Kier alpha value is -3.67. The number of para-hydroxylation sites is 2. The topological polar surface area (TPSA) is 59.7 Å². The summed E-state index contributed by atoms with van der Waals surface area (Å²) in [7, 11) is 2.00. The van der Waals surface area contributed by atoms with Crippen molar-refractivity contribution in [3.8, 4) is 11.4 Å². The normalized spacial score (nSPS) is 14.0. The SMILES string of the molecule is Cn1c(-c2cccc(C3=CN=CC=CN3C(=O)OC(C)(C)C)c2)nc2ccccc21. The highest BCUT2D eigenvalue weighted by Gasteiger charge is 2.25. The molecule has 0 spiro atoms. The molecule has 0 saturated carbocycles. The van der Waals surface area contributed by atoms with Crippen molar-refractivity contribution >= 4 is 29.0 Å². The van der Waals surface area contributed by atoms with Gasteiger partial charge in [-0.25, -0.2) is 9.78 Å². The van der Waals surface area contributed by atoms with Crippen molar-refractivity contribution in [2.75, 3.05) is 0 Å². The molecule has 0 radical (unpaired) electrons. The average Bonchev–Trinajstić information content (AvgIpc) is 2.88. The van der Waals surface area contributed by atoms with Crippen LogP contribution in [0.4, 0.5) is 4.79 Å². The van der Waals surface area contributed by atoms with Gasteiger partial charge in [0.1, 0.15) is 11.4 Å². The number of benzene rings is 2. The van der Waals surface area contributed by atoms with E-state index < -0.39 is 11.7 Å². The average molecular weight is 400 g/mol. The summed E-state index contributed by atoms with van der Waals surface area (Å²) in [5.41, 5.74) is 3.84. The summed E-state index contributed by atoms with van der Waals surface area (Å²) in [4.78, 5) is 23.3. The molecule has 6 heteroatoms. The highest BCUT2D eigenvalue weighted by molar-refractivity contribution is 5.88. The number of amides is 1. The van der Waals surface area contributed by atoms with Gasteiger partial charge in [0.2, 0.25) is 0 Å². The molecular weight excluding hydrogens is 376 g/mol.